The fraction of sp³-hybridized carbons (Fsp3) is 0.867. The van der Waals surface area contributed by atoms with E-state index >= 15 is 0 Å². The lowest BCUT2D eigenvalue weighted by Gasteiger charge is -2.18. The molecule has 0 aromatic carbocycles. The predicted octanol–water partition coefficient (Wildman–Crippen LogP) is 0.884. The van der Waals surface area contributed by atoms with E-state index in [0.29, 0.717) is 26.4 Å². The third-order valence-corrected chi connectivity index (χ3v) is 3.35. The monoisotopic (exact) mass is 336 g/mol. The number of carbonyl (C=O) groups is 2. The summed E-state index contributed by atoms with van der Waals surface area (Å²) in [4.78, 5) is 22.5. The van der Waals surface area contributed by atoms with Crippen LogP contribution >= 0.6 is 0 Å². The van der Waals surface area contributed by atoms with Crippen LogP contribution in [0.3, 0.4) is 0 Å². The lowest BCUT2D eigenvalue weighted by atomic mass is 9.90. The van der Waals surface area contributed by atoms with E-state index in [-0.39, 0.29) is 32.5 Å². The Hall–Kier alpha value is -1.22. The zero-order valence-electron chi connectivity index (χ0n) is 13.9. The first kappa shape index (κ1) is 21.8. The van der Waals surface area contributed by atoms with Crippen molar-refractivity contribution < 1.29 is 38.7 Å². The third kappa shape index (κ3) is 11.9. The van der Waals surface area contributed by atoms with Gasteiger partial charge in [-0.1, -0.05) is 0 Å². The molecule has 0 spiro atoms. The van der Waals surface area contributed by atoms with E-state index in [1.807, 2.05) is 0 Å². The van der Waals surface area contributed by atoms with Crippen LogP contribution in [0.25, 0.3) is 0 Å². The van der Waals surface area contributed by atoms with Gasteiger partial charge in [-0.25, -0.2) is 0 Å². The molecule has 0 saturated carbocycles. The minimum absolute atomic E-state index is 0.0615. The number of carboxylic acid groups (broad SMARTS) is 2. The van der Waals surface area contributed by atoms with Crippen molar-refractivity contribution in [1.29, 1.82) is 0 Å². The molecule has 136 valence electrons. The Labute approximate surface area is 136 Å². The second-order valence-electron chi connectivity index (χ2n) is 5.09. The van der Waals surface area contributed by atoms with E-state index in [1.165, 1.54) is 0 Å². The highest BCUT2D eigenvalue weighted by molar-refractivity contribution is 5.73. The first-order valence-electron chi connectivity index (χ1n) is 7.61. The summed E-state index contributed by atoms with van der Waals surface area (Å²) in [5.41, 5.74) is 0. The highest BCUT2D eigenvalue weighted by Crippen LogP contribution is 2.20. The molecule has 0 radical (unpaired) electrons. The van der Waals surface area contributed by atoms with Crippen LogP contribution in [0.2, 0.25) is 0 Å². The molecular weight excluding hydrogens is 308 g/mol. The third-order valence-electron chi connectivity index (χ3n) is 3.35. The number of carboxylic acids is 2. The van der Waals surface area contributed by atoms with Gasteiger partial charge in [0, 0.05) is 27.4 Å². The Morgan fingerprint density at radius 3 is 1.43 bits per heavy atom. The summed E-state index contributed by atoms with van der Waals surface area (Å²) < 4.78 is 20.1. The minimum atomic E-state index is -1.01. The first-order chi connectivity index (χ1) is 11.0. The maximum Gasteiger partial charge on any atom is 0.306 e. The van der Waals surface area contributed by atoms with Gasteiger partial charge in [0.1, 0.15) is 0 Å². The summed E-state index contributed by atoms with van der Waals surface area (Å²) in [6.45, 7) is 2.17. The van der Waals surface area contributed by atoms with Crippen LogP contribution < -0.4 is 0 Å². The Kier molecular flexibility index (Phi) is 13.6. The van der Waals surface area contributed by atoms with Gasteiger partial charge >= 0.3 is 11.9 Å². The van der Waals surface area contributed by atoms with E-state index in [1.54, 1.807) is 14.2 Å². The molecule has 0 aromatic rings. The summed E-state index contributed by atoms with van der Waals surface area (Å²) in [6.07, 6.45) is 0.604. The van der Waals surface area contributed by atoms with Crippen molar-refractivity contribution in [3.05, 3.63) is 0 Å². The molecule has 0 fully saturated rings. The van der Waals surface area contributed by atoms with Crippen LogP contribution in [-0.2, 0) is 28.5 Å². The summed E-state index contributed by atoms with van der Waals surface area (Å²) in [6, 6.07) is 0. The molecule has 0 saturated heterocycles. The molecule has 8 nitrogen and oxygen atoms in total. The van der Waals surface area contributed by atoms with Gasteiger partial charge in [0.15, 0.2) is 0 Å². The smallest absolute Gasteiger partial charge is 0.306 e. The van der Waals surface area contributed by atoms with E-state index < -0.39 is 23.8 Å². The van der Waals surface area contributed by atoms with E-state index in [0.717, 1.165) is 0 Å². The number of hydrogen-bond acceptors (Lipinski definition) is 6. The Bertz CT molecular complexity index is 291. The topological polar surface area (TPSA) is 112 Å². The fourth-order valence-corrected chi connectivity index (χ4v) is 1.97. The van der Waals surface area contributed by atoms with Gasteiger partial charge in [-0.3, -0.25) is 9.59 Å². The average molecular weight is 336 g/mol. The van der Waals surface area contributed by atoms with Gasteiger partial charge in [-0.15, -0.1) is 0 Å². The average Bonchev–Trinajstić information content (AvgIpc) is 2.51. The first-order valence-corrected chi connectivity index (χ1v) is 7.61. The quantitative estimate of drug-likeness (QED) is 0.400. The lowest BCUT2D eigenvalue weighted by Crippen LogP contribution is -2.25. The normalized spacial score (nSPS) is 13.7. The van der Waals surface area contributed by atoms with Gasteiger partial charge in [-0.2, -0.15) is 0 Å². The van der Waals surface area contributed by atoms with Crippen molar-refractivity contribution in [2.75, 3.05) is 53.9 Å². The number of aliphatic carboxylic acids is 2. The second kappa shape index (κ2) is 14.4. The number of rotatable bonds is 16. The molecule has 2 atom stereocenters. The summed E-state index contributed by atoms with van der Waals surface area (Å²) in [5.74, 6) is -3.52. The van der Waals surface area contributed by atoms with Gasteiger partial charge in [0.2, 0.25) is 0 Å². The van der Waals surface area contributed by atoms with Gasteiger partial charge in [-0.05, 0) is 19.3 Å². The minimum Gasteiger partial charge on any atom is -0.481 e. The molecule has 0 bridgehead atoms. The predicted molar refractivity (Wildman–Crippen MR) is 81.5 cm³/mol. The summed E-state index contributed by atoms with van der Waals surface area (Å²) >= 11 is 0. The molecule has 0 amide bonds. The van der Waals surface area contributed by atoms with E-state index in [9.17, 15) is 19.8 Å². The molecule has 0 aliphatic carbocycles. The Balaban J connectivity index is 4.19. The van der Waals surface area contributed by atoms with Gasteiger partial charge < -0.3 is 29.2 Å². The lowest BCUT2D eigenvalue weighted by molar-refractivity contribution is -0.147. The molecule has 0 heterocycles. The van der Waals surface area contributed by atoms with Gasteiger partial charge in [0.25, 0.3) is 0 Å². The fourth-order valence-electron chi connectivity index (χ4n) is 1.97. The number of ether oxygens (including phenoxy) is 4. The second-order valence-corrected chi connectivity index (χ2v) is 5.09. The standard InChI is InChI=1S/C15H28O8/c1-20-7-9-22-5-3-12(14(16)17)11-13(15(18)19)4-6-23-10-8-21-2/h12-13H,3-11H2,1-2H3,(H,16,17)(H,18,19). The zero-order chi connectivity index (χ0) is 17.5. The van der Waals surface area contributed by atoms with Crippen molar-refractivity contribution in [3.63, 3.8) is 0 Å². The molecule has 0 rings (SSSR count). The SMILES string of the molecule is COCCOCCC(CC(CCOCCOC)C(=O)O)C(=O)O. The maximum atomic E-state index is 11.3. The molecule has 2 N–H and O–H groups in total. The van der Waals surface area contributed by atoms with Crippen molar-refractivity contribution in [3.8, 4) is 0 Å². The van der Waals surface area contributed by atoms with Crippen LogP contribution in [0.4, 0.5) is 0 Å². The summed E-state index contributed by atoms with van der Waals surface area (Å²) in [5, 5.41) is 18.5. The van der Waals surface area contributed by atoms with Crippen molar-refractivity contribution >= 4 is 11.9 Å². The van der Waals surface area contributed by atoms with Crippen molar-refractivity contribution in [1.82, 2.24) is 0 Å². The highest BCUT2D eigenvalue weighted by Gasteiger charge is 2.26. The van der Waals surface area contributed by atoms with Crippen molar-refractivity contribution in [2.45, 2.75) is 19.3 Å². The van der Waals surface area contributed by atoms with Crippen LogP contribution in [0.5, 0.6) is 0 Å². The molecule has 0 aliphatic rings. The van der Waals surface area contributed by atoms with Crippen molar-refractivity contribution in [2.24, 2.45) is 11.8 Å². The Morgan fingerprint density at radius 1 is 0.739 bits per heavy atom. The van der Waals surface area contributed by atoms with E-state index in [4.69, 9.17) is 18.9 Å². The molecule has 8 heteroatoms. The largest absolute Gasteiger partial charge is 0.481 e. The van der Waals surface area contributed by atoms with Crippen LogP contribution in [0.15, 0.2) is 0 Å². The molecule has 23 heavy (non-hydrogen) atoms. The van der Waals surface area contributed by atoms with E-state index in [2.05, 4.69) is 0 Å². The van der Waals surface area contributed by atoms with Gasteiger partial charge in [0.05, 0.1) is 38.3 Å². The van der Waals surface area contributed by atoms with Crippen LogP contribution in [0, 0.1) is 11.8 Å². The number of methoxy groups -OCH3 is 2. The molecular formula is C15H28O8. The van der Waals surface area contributed by atoms with Crippen LogP contribution in [0.1, 0.15) is 19.3 Å². The number of hydrogen-bond donors (Lipinski definition) is 2. The van der Waals surface area contributed by atoms with Crippen LogP contribution in [-0.4, -0.2) is 76.0 Å². The zero-order valence-corrected chi connectivity index (χ0v) is 13.9. The summed E-state index contributed by atoms with van der Waals surface area (Å²) in [7, 11) is 3.10. The molecule has 2 unspecified atom stereocenters. The maximum absolute atomic E-state index is 11.3. The highest BCUT2D eigenvalue weighted by atomic mass is 16.5. The Morgan fingerprint density at radius 2 is 1.13 bits per heavy atom. The molecule has 0 aliphatic heterocycles. The molecule has 0 aromatic heterocycles.